The van der Waals surface area contributed by atoms with Crippen LogP contribution in [0.1, 0.15) is 18.0 Å². The maximum absolute atomic E-state index is 13.2. The highest BCUT2D eigenvalue weighted by atomic mass is 32.2. The lowest BCUT2D eigenvalue weighted by atomic mass is 10.0. The second-order valence-electron chi connectivity index (χ2n) is 4.31. The third-order valence-electron chi connectivity index (χ3n) is 3.15. The van der Waals surface area contributed by atoms with Gasteiger partial charge in [0.1, 0.15) is 5.82 Å². The lowest BCUT2D eigenvalue weighted by Gasteiger charge is -2.29. The highest BCUT2D eigenvalue weighted by Crippen LogP contribution is 2.23. The van der Waals surface area contributed by atoms with Gasteiger partial charge in [-0.05, 0) is 36.4 Å². The topological polar surface area (TPSA) is 29.3 Å². The fraction of sp³-hybridized carbons (Fsp3) is 0.538. The molecule has 0 aromatic heterocycles. The van der Waals surface area contributed by atoms with Crippen LogP contribution < -0.4 is 5.73 Å². The van der Waals surface area contributed by atoms with Crippen LogP contribution in [0.4, 0.5) is 4.39 Å². The Kier molecular flexibility index (Phi) is 4.83. The first-order chi connectivity index (χ1) is 8.31. The van der Waals surface area contributed by atoms with Crippen molar-refractivity contribution >= 4 is 11.8 Å². The summed E-state index contributed by atoms with van der Waals surface area (Å²) in [6.07, 6.45) is 1.19. The number of benzene rings is 1. The van der Waals surface area contributed by atoms with Crippen molar-refractivity contribution in [1.82, 2.24) is 4.90 Å². The number of nitrogens with two attached hydrogens (primary N) is 1. The van der Waals surface area contributed by atoms with Gasteiger partial charge in [-0.25, -0.2) is 4.39 Å². The van der Waals surface area contributed by atoms with Crippen LogP contribution in [0.2, 0.25) is 0 Å². The van der Waals surface area contributed by atoms with Gasteiger partial charge in [0.2, 0.25) is 0 Å². The molecule has 1 fully saturated rings. The van der Waals surface area contributed by atoms with Gasteiger partial charge in [-0.15, -0.1) is 0 Å². The van der Waals surface area contributed by atoms with Gasteiger partial charge in [0.25, 0.3) is 0 Å². The van der Waals surface area contributed by atoms with Crippen LogP contribution in [0.25, 0.3) is 0 Å². The van der Waals surface area contributed by atoms with Crippen molar-refractivity contribution in [1.29, 1.82) is 0 Å². The number of hydrogen-bond acceptors (Lipinski definition) is 3. The summed E-state index contributed by atoms with van der Waals surface area (Å²) in [4.78, 5) is 2.38. The molecule has 1 aliphatic heterocycles. The Labute approximate surface area is 106 Å². The number of halogens is 1. The number of nitrogens with zero attached hydrogens (tertiary/aromatic N) is 1. The summed E-state index contributed by atoms with van der Waals surface area (Å²) in [6, 6.07) is 6.98. The summed E-state index contributed by atoms with van der Waals surface area (Å²) in [5.74, 6) is 2.19. The molecule has 0 radical (unpaired) electrons. The van der Waals surface area contributed by atoms with E-state index in [9.17, 15) is 4.39 Å². The van der Waals surface area contributed by atoms with E-state index in [0.717, 1.165) is 24.4 Å². The maximum Gasteiger partial charge on any atom is 0.123 e. The largest absolute Gasteiger partial charge is 0.329 e. The minimum atomic E-state index is -0.176. The molecule has 17 heavy (non-hydrogen) atoms. The van der Waals surface area contributed by atoms with Crippen LogP contribution in [0.3, 0.4) is 0 Å². The van der Waals surface area contributed by atoms with Crippen molar-refractivity contribution in [3.05, 3.63) is 35.6 Å². The molecule has 0 bridgehead atoms. The number of thioether (sulfide) groups is 1. The number of rotatable bonds is 3. The third-order valence-corrected chi connectivity index (χ3v) is 4.20. The van der Waals surface area contributed by atoms with Crippen LogP contribution in [-0.4, -0.2) is 36.0 Å². The Morgan fingerprint density at radius 3 is 3.00 bits per heavy atom. The zero-order valence-corrected chi connectivity index (χ0v) is 10.8. The quantitative estimate of drug-likeness (QED) is 0.897. The molecule has 0 aliphatic carbocycles. The van der Waals surface area contributed by atoms with E-state index in [0.29, 0.717) is 6.54 Å². The molecule has 0 saturated carbocycles. The van der Waals surface area contributed by atoms with Crippen LogP contribution in [0.15, 0.2) is 24.3 Å². The summed E-state index contributed by atoms with van der Waals surface area (Å²) in [6.45, 7) is 2.66. The van der Waals surface area contributed by atoms with E-state index in [2.05, 4.69) is 4.90 Å². The van der Waals surface area contributed by atoms with Gasteiger partial charge >= 0.3 is 0 Å². The van der Waals surface area contributed by atoms with Crippen molar-refractivity contribution in [3.63, 3.8) is 0 Å². The second-order valence-corrected chi connectivity index (χ2v) is 5.53. The standard InChI is InChI=1S/C13H19FN2S/c14-12-4-1-3-11(9-12)13(10-15)16-5-2-7-17-8-6-16/h1,3-4,9,13H,2,5-8,10,15H2. The Morgan fingerprint density at radius 1 is 1.35 bits per heavy atom. The maximum atomic E-state index is 13.2. The fourth-order valence-corrected chi connectivity index (χ4v) is 3.19. The van der Waals surface area contributed by atoms with E-state index < -0.39 is 0 Å². The normalized spacial score (nSPS) is 19.9. The van der Waals surface area contributed by atoms with Gasteiger partial charge in [0, 0.05) is 24.9 Å². The van der Waals surface area contributed by atoms with Gasteiger partial charge in [-0.1, -0.05) is 12.1 Å². The van der Waals surface area contributed by atoms with Crippen LogP contribution in [0, 0.1) is 5.82 Å². The van der Waals surface area contributed by atoms with Gasteiger partial charge in [0.15, 0.2) is 0 Å². The average molecular weight is 254 g/mol. The van der Waals surface area contributed by atoms with Gasteiger partial charge in [-0.3, -0.25) is 4.90 Å². The second kappa shape index (κ2) is 6.38. The van der Waals surface area contributed by atoms with Gasteiger partial charge < -0.3 is 5.73 Å². The van der Waals surface area contributed by atoms with Crippen LogP contribution >= 0.6 is 11.8 Å². The molecule has 0 amide bonds. The summed E-state index contributed by atoms with van der Waals surface area (Å²) in [5, 5.41) is 0. The molecule has 1 atom stereocenters. The zero-order valence-electron chi connectivity index (χ0n) is 9.94. The number of hydrogen-bond donors (Lipinski definition) is 1. The SMILES string of the molecule is NCC(c1cccc(F)c1)N1CCCSCC1. The lowest BCUT2D eigenvalue weighted by molar-refractivity contribution is 0.217. The molecule has 1 saturated heterocycles. The van der Waals surface area contributed by atoms with Crippen molar-refractivity contribution in [2.75, 3.05) is 31.1 Å². The first kappa shape index (κ1) is 12.9. The average Bonchev–Trinajstić information content (AvgIpc) is 2.59. The summed E-state index contributed by atoms with van der Waals surface area (Å²) in [7, 11) is 0. The molecule has 0 spiro atoms. The lowest BCUT2D eigenvalue weighted by Crippen LogP contribution is -2.35. The molecule has 1 aromatic carbocycles. The summed E-state index contributed by atoms with van der Waals surface area (Å²) in [5.41, 5.74) is 6.87. The first-order valence-electron chi connectivity index (χ1n) is 6.08. The predicted octanol–water partition coefficient (Wildman–Crippen LogP) is 2.26. The molecule has 2 nitrogen and oxygen atoms in total. The Balaban J connectivity index is 2.14. The molecule has 1 aromatic rings. The van der Waals surface area contributed by atoms with Gasteiger partial charge in [-0.2, -0.15) is 11.8 Å². The van der Waals surface area contributed by atoms with Crippen molar-refractivity contribution in [2.24, 2.45) is 5.73 Å². The highest BCUT2D eigenvalue weighted by Gasteiger charge is 2.20. The van der Waals surface area contributed by atoms with Crippen molar-refractivity contribution in [2.45, 2.75) is 12.5 Å². The molecular weight excluding hydrogens is 235 g/mol. The Hall–Kier alpha value is -0.580. The van der Waals surface area contributed by atoms with Crippen molar-refractivity contribution in [3.8, 4) is 0 Å². The molecule has 2 rings (SSSR count). The molecule has 1 unspecified atom stereocenters. The summed E-state index contributed by atoms with van der Waals surface area (Å²) < 4.78 is 13.2. The van der Waals surface area contributed by atoms with E-state index in [4.69, 9.17) is 5.73 Å². The predicted molar refractivity (Wildman–Crippen MR) is 71.7 cm³/mol. The molecule has 4 heteroatoms. The molecule has 1 heterocycles. The third kappa shape index (κ3) is 3.44. The minimum Gasteiger partial charge on any atom is -0.329 e. The molecular formula is C13H19FN2S. The highest BCUT2D eigenvalue weighted by molar-refractivity contribution is 7.99. The van der Waals surface area contributed by atoms with E-state index >= 15 is 0 Å². The van der Waals surface area contributed by atoms with E-state index in [1.165, 1.54) is 18.2 Å². The monoisotopic (exact) mass is 254 g/mol. The molecule has 1 aliphatic rings. The fourth-order valence-electron chi connectivity index (χ4n) is 2.29. The van der Waals surface area contributed by atoms with E-state index in [1.807, 2.05) is 17.8 Å². The van der Waals surface area contributed by atoms with Crippen molar-refractivity contribution < 1.29 is 4.39 Å². The minimum absolute atomic E-state index is 0.157. The summed E-state index contributed by atoms with van der Waals surface area (Å²) >= 11 is 1.99. The Bertz CT molecular complexity index is 351. The molecule has 94 valence electrons. The molecule has 2 N–H and O–H groups in total. The first-order valence-corrected chi connectivity index (χ1v) is 7.24. The van der Waals surface area contributed by atoms with E-state index in [1.54, 1.807) is 12.1 Å². The Morgan fingerprint density at radius 2 is 2.24 bits per heavy atom. The van der Waals surface area contributed by atoms with Gasteiger partial charge in [0.05, 0.1) is 0 Å². The van der Waals surface area contributed by atoms with E-state index in [-0.39, 0.29) is 11.9 Å². The zero-order chi connectivity index (χ0) is 12.1. The smallest absolute Gasteiger partial charge is 0.123 e. The van der Waals surface area contributed by atoms with Crippen LogP contribution in [-0.2, 0) is 0 Å². The van der Waals surface area contributed by atoms with Crippen LogP contribution in [0.5, 0.6) is 0 Å².